The minimum atomic E-state index is 0.134. The molecule has 0 fully saturated rings. The summed E-state index contributed by atoms with van der Waals surface area (Å²) in [5.41, 5.74) is 1.59. The Morgan fingerprint density at radius 3 is 2.04 bits per heavy atom. The van der Waals surface area contributed by atoms with Gasteiger partial charge in [0.05, 0.1) is 0 Å². The molecular formula is C24H36. The first-order chi connectivity index (χ1) is 11.8. The van der Waals surface area contributed by atoms with Crippen LogP contribution in [-0.4, -0.2) is 0 Å². The van der Waals surface area contributed by atoms with Crippen LogP contribution in [-0.2, 0) is 5.41 Å². The van der Waals surface area contributed by atoms with Crippen molar-refractivity contribution in [3.05, 3.63) is 60.2 Å². The van der Waals surface area contributed by atoms with Crippen molar-refractivity contribution in [2.24, 2.45) is 5.92 Å². The predicted molar refractivity (Wildman–Crippen MR) is 107 cm³/mol. The Morgan fingerprint density at radius 2 is 1.38 bits per heavy atom. The lowest BCUT2D eigenvalue weighted by atomic mass is 9.72. The summed E-state index contributed by atoms with van der Waals surface area (Å²) in [4.78, 5) is 0. The van der Waals surface area contributed by atoms with Gasteiger partial charge in [-0.1, -0.05) is 120 Å². The summed E-state index contributed by atoms with van der Waals surface area (Å²) < 4.78 is 0. The van der Waals surface area contributed by atoms with Gasteiger partial charge in [-0.2, -0.15) is 0 Å². The minimum Gasteiger partial charge on any atom is -0.0804 e. The van der Waals surface area contributed by atoms with E-state index in [4.69, 9.17) is 0 Å². The highest BCUT2D eigenvalue weighted by Gasteiger charge is 2.28. The standard InChI is InChI=1S/C24H36/c1-3-5-7-8-9-13-19-24(23-15-11-10-12-16-23)20-17-22(18-21-24)14-6-4-2/h10-12,15-18,20-22H,3-9,13-14,19H2,1-2H3. The monoisotopic (exact) mass is 324 g/mol. The highest BCUT2D eigenvalue weighted by molar-refractivity contribution is 5.39. The molecule has 0 aromatic heterocycles. The third-order valence-corrected chi connectivity index (χ3v) is 5.43. The van der Waals surface area contributed by atoms with E-state index in [9.17, 15) is 0 Å². The molecule has 1 aliphatic carbocycles. The Kier molecular flexibility index (Phi) is 8.36. The molecule has 0 heteroatoms. The average molecular weight is 325 g/mol. The summed E-state index contributed by atoms with van der Waals surface area (Å²) in [5.74, 6) is 0.645. The molecule has 0 atom stereocenters. The molecule has 0 saturated carbocycles. The van der Waals surface area contributed by atoms with Gasteiger partial charge in [0, 0.05) is 5.41 Å². The van der Waals surface area contributed by atoms with Gasteiger partial charge in [-0.15, -0.1) is 0 Å². The van der Waals surface area contributed by atoms with E-state index in [-0.39, 0.29) is 5.41 Å². The Bertz CT molecular complexity index is 480. The van der Waals surface area contributed by atoms with Crippen molar-refractivity contribution in [1.82, 2.24) is 0 Å². The van der Waals surface area contributed by atoms with Crippen LogP contribution >= 0.6 is 0 Å². The number of hydrogen-bond acceptors (Lipinski definition) is 0. The van der Waals surface area contributed by atoms with Gasteiger partial charge in [0.1, 0.15) is 0 Å². The summed E-state index contributed by atoms with van der Waals surface area (Å²) in [6, 6.07) is 11.1. The Morgan fingerprint density at radius 1 is 0.750 bits per heavy atom. The maximum atomic E-state index is 2.51. The van der Waals surface area contributed by atoms with E-state index in [1.54, 1.807) is 0 Å². The summed E-state index contributed by atoms with van der Waals surface area (Å²) in [6.07, 6.45) is 23.3. The van der Waals surface area contributed by atoms with Crippen molar-refractivity contribution in [1.29, 1.82) is 0 Å². The van der Waals surface area contributed by atoms with Crippen molar-refractivity contribution in [3.63, 3.8) is 0 Å². The van der Waals surface area contributed by atoms with Crippen molar-refractivity contribution in [2.45, 2.75) is 83.5 Å². The molecule has 0 nitrogen and oxygen atoms in total. The summed E-state index contributed by atoms with van der Waals surface area (Å²) in [7, 11) is 0. The Hall–Kier alpha value is -1.30. The van der Waals surface area contributed by atoms with E-state index in [1.807, 2.05) is 0 Å². The first-order valence-corrected chi connectivity index (χ1v) is 10.2. The maximum absolute atomic E-state index is 2.51. The van der Waals surface area contributed by atoms with Crippen molar-refractivity contribution >= 4 is 0 Å². The van der Waals surface area contributed by atoms with Crippen molar-refractivity contribution < 1.29 is 0 Å². The first kappa shape index (κ1) is 19.0. The molecule has 1 aromatic rings. The number of rotatable bonds is 11. The van der Waals surface area contributed by atoms with Crippen LogP contribution in [0.2, 0.25) is 0 Å². The van der Waals surface area contributed by atoms with Crippen LogP contribution in [0.1, 0.15) is 83.6 Å². The van der Waals surface area contributed by atoms with Crippen molar-refractivity contribution in [3.8, 4) is 0 Å². The minimum absolute atomic E-state index is 0.134. The summed E-state index contributed by atoms with van der Waals surface area (Å²) in [6.45, 7) is 4.57. The lowest BCUT2D eigenvalue weighted by molar-refractivity contribution is 0.507. The molecular weight excluding hydrogens is 288 g/mol. The maximum Gasteiger partial charge on any atom is 0.0312 e. The van der Waals surface area contributed by atoms with E-state index in [0.29, 0.717) is 5.92 Å². The Balaban J connectivity index is 1.98. The molecule has 0 unspecified atom stereocenters. The van der Waals surface area contributed by atoms with Crippen LogP contribution in [0.15, 0.2) is 54.6 Å². The number of unbranched alkanes of at least 4 members (excludes halogenated alkanes) is 6. The number of benzene rings is 1. The quantitative estimate of drug-likeness (QED) is 0.290. The van der Waals surface area contributed by atoms with Gasteiger partial charge in [-0.25, -0.2) is 0 Å². The van der Waals surface area contributed by atoms with Crippen LogP contribution in [0.5, 0.6) is 0 Å². The van der Waals surface area contributed by atoms with Crippen LogP contribution < -0.4 is 0 Å². The molecule has 0 heterocycles. The molecule has 0 saturated heterocycles. The highest BCUT2D eigenvalue weighted by Crippen LogP contribution is 2.37. The largest absolute Gasteiger partial charge is 0.0804 e. The molecule has 0 N–H and O–H groups in total. The van der Waals surface area contributed by atoms with E-state index in [2.05, 4.69) is 68.5 Å². The van der Waals surface area contributed by atoms with Crippen molar-refractivity contribution in [2.75, 3.05) is 0 Å². The van der Waals surface area contributed by atoms with Gasteiger partial charge in [-0.3, -0.25) is 0 Å². The fourth-order valence-corrected chi connectivity index (χ4v) is 3.79. The van der Waals surface area contributed by atoms with Crippen LogP contribution in [0, 0.1) is 5.92 Å². The van der Waals surface area contributed by atoms with E-state index in [1.165, 1.54) is 69.8 Å². The average Bonchev–Trinajstić information content (AvgIpc) is 2.64. The lowest BCUT2D eigenvalue weighted by Gasteiger charge is -2.32. The summed E-state index contributed by atoms with van der Waals surface area (Å²) >= 11 is 0. The Labute approximate surface area is 150 Å². The van der Waals surface area contributed by atoms with E-state index in [0.717, 1.165) is 0 Å². The molecule has 1 aromatic carbocycles. The van der Waals surface area contributed by atoms with Gasteiger partial charge in [-0.05, 0) is 24.3 Å². The molecule has 0 spiro atoms. The second-order valence-electron chi connectivity index (χ2n) is 7.45. The van der Waals surface area contributed by atoms with Gasteiger partial charge in [0.2, 0.25) is 0 Å². The fraction of sp³-hybridized carbons (Fsp3) is 0.583. The smallest absolute Gasteiger partial charge is 0.0312 e. The number of hydrogen-bond donors (Lipinski definition) is 0. The third kappa shape index (κ3) is 5.65. The second kappa shape index (κ2) is 10.5. The molecule has 1 aliphatic rings. The molecule has 0 bridgehead atoms. The van der Waals surface area contributed by atoms with Crippen LogP contribution in [0.25, 0.3) is 0 Å². The topological polar surface area (TPSA) is 0 Å². The molecule has 132 valence electrons. The SMILES string of the molecule is CCCCCCCCC1(c2ccccc2)C=CC(CCCC)C=C1. The zero-order valence-electron chi connectivity index (χ0n) is 15.8. The second-order valence-corrected chi connectivity index (χ2v) is 7.45. The molecule has 0 amide bonds. The normalized spacial score (nSPS) is 22.8. The molecule has 2 rings (SSSR count). The summed E-state index contributed by atoms with van der Waals surface area (Å²) in [5, 5.41) is 0. The molecule has 0 aliphatic heterocycles. The van der Waals surface area contributed by atoms with Crippen LogP contribution in [0.3, 0.4) is 0 Å². The van der Waals surface area contributed by atoms with Gasteiger partial charge >= 0.3 is 0 Å². The zero-order chi connectivity index (χ0) is 17.1. The highest BCUT2D eigenvalue weighted by atomic mass is 14.3. The number of allylic oxidation sites excluding steroid dienone is 4. The lowest BCUT2D eigenvalue weighted by Crippen LogP contribution is -2.23. The third-order valence-electron chi connectivity index (χ3n) is 5.43. The zero-order valence-corrected chi connectivity index (χ0v) is 15.8. The molecule has 0 radical (unpaired) electrons. The van der Waals surface area contributed by atoms with Gasteiger partial charge < -0.3 is 0 Å². The predicted octanol–water partition coefficient (Wildman–Crippen LogP) is 7.61. The van der Waals surface area contributed by atoms with E-state index < -0.39 is 0 Å². The first-order valence-electron chi connectivity index (χ1n) is 10.2. The van der Waals surface area contributed by atoms with Gasteiger partial charge in [0.15, 0.2) is 0 Å². The molecule has 24 heavy (non-hydrogen) atoms. The van der Waals surface area contributed by atoms with E-state index >= 15 is 0 Å². The van der Waals surface area contributed by atoms with Crippen LogP contribution in [0.4, 0.5) is 0 Å². The van der Waals surface area contributed by atoms with Gasteiger partial charge in [0.25, 0.3) is 0 Å². The fourth-order valence-electron chi connectivity index (χ4n) is 3.79.